The summed E-state index contributed by atoms with van der Waals surface area (Å²) in [4.78, 5) is 5.43. The number of imidazole rings is 1. The van der Waals surface area contributed by atoms with Gasteiger partial charge < -0.3 is 4.57 Å². The molecule has 0 bridgehead atoms. The fourth-order valence-corrected chi connectivity index (χ4v) is 6.57. The predicted molar refractivity (Wildman–Crippen MR) is 177 cm³/mol. The Labute approximate surface area is 248 Å². The first kappa shape index (κ1) is 23.8. The largest absolute Gasteiger partial charge is 0.316 e. The van der Waals surface area contributed by atoms with Crippen molar-refractivity contribution in [3.63, 3.8) is 0 Å². The number of pyridine rings is 1. The molecule has 9 rings (SSSR count). The summed E-state index contributed by atoms with van der Waals surface area (Å²) in [6, 6.07) is 51.5. The summed E-state index contributed by atoms with van der Waals surface area (Å²) in [7, 11) is 0. The minimum Gasteiger partial charge on any atom is -0.316 e. The lowest BCUT2D eigenvalue weighted by molar-refractivity contribution is 0.986. The van der Waals surface area contributed by atoms with Crippen LogP contribution in [0.2, 0.25) is 0 Å². The number of fused-ring (bicyclic) bond motifs is 6. The lowest BCUT2D eigenvalue weighted by atomic mass is 10.0. The van der Waals surface area contributed by atoms with Crippen molar-refractivity contribution in [2.75, 3.05) is 0 Å². The van der Waals surface area contributed by atoms with Gasteiger partial charge in [0.05, 0.1) is 27.8 Å². The summed E-state index contributed by atoms with van der Waals surface area (Å²) < 4.78 is 6.84. The molecule has 0 atom stereocenters. The van der Waals surface area contributed by atoms with Gasteiger partial charge in [-0.05, 0) is 59.7 Å². The molecule has 4 aromatic heterocycles. The minimum absolute atomic E-state index is 0.877. The van der Waals surface area contributed by atoms with Crippen LogP contribution in [0.1, 0.15) is 0 Å². The van der Waals surface area contributed by atoms with Crippen LogP contribution < -0.4 is 0 Å². The SMILES string of the molecule is c1ccc(-c2cccc(-c3nc(-n4c5ccccc5c5ccc6c(ccn6-c6ccccc6)c54)n4ccccc34)c2)cc1. The molecule has 202 valence electrons. The summed E-state index contributed by atoms with van der Waals surface area (Å²) in [5, 5.41) is 3.62. The van der Waals surface area contributed by atoms with Crippen LogP contribution in [0.5, 0.6) is 0 Å². The molecule has 9 aromatic rings. The van der Waals surface area contributed by atoms with Crippen molar-refractivity contribution in [2.45, 2.75) is 0 Å². The van der Waals surface area contributed by atoms with Gasteiger partial charge in [0.1, 0.15) is 0 Å². The van der Waals surface area contributed by atoms with Gasteiger partial charge in [-0.15, -0.1) is 0 Å². The van der Waals surface area contributed by atoms with Gasteiger partial charge in [-0.1, -0.05) is 97.1 Å². The number of hydrogen-bond acceptors (Lipinski definition) is 1. The van der Waals surface area contributed by atoms with E-state index in [1.54, 1.807) is 0 Å². The molecule has 0 saturated carbocycles. The maximum absolute atomic E-state index is 5.43. The van der Waals surface area contributed by atoms with Crippen molar-refractivity contribution in [3.05, 3.63) is 158 Å². The molecule has 0 aliphatic heterocycles. The Morgan fingerprint density at radius 1 is 0.442 bits per heavy atom. The second-order valence-electron chi connectivity index (χ2n) is 10.9. The van der Waals surface area contributed by atoms with E-state index in [2.05, 4.69) is 172 Å². The maximum atomic E-state index is 5.43. The maximum Gasteiger partial charge on any atom is 0.220 e. The number of para-hydroxylation sites is 2. The highest BCUT2D eigenvalue weighted by Gasteiger charge is 2.21. The summed E-state index contributed by atoms with van der Waals surface area (Å²) in [5.74, 6) is 0.877. The highest BCUT2D eigenvalue weighted by atomic mass is 15.2. The van der Waals surface area contributed by atoms with Crippen LogP contribution >= 0.6 is 0 Å². The van der Waals surface area contributed by atoms with Crippen molar-refractivity contribution >= 4 is 38.2 Å². The molecule has 0 radical (unpaired) electrons. The van der Waals surface area contributed by atoms with Crippen LogP contribution in [0, 0.1) is 0 Å². The first-order chi connectivity index (χ1) is 21.3. The third kappa shape index (κ3) is 3.60. The van der Waals surface area contributed by atoms with Gasteiger partial charge >= 0.3 is 0 Å². The Morgan fingerprint density at radius 3 is 2.05 bits per heavy atom. The van der Waals surface area contributed by atoms with Crippen LogP contribution in [-0.2, 0) is 0 Å². The molecule has 5 aromatic carbocycles. The molecule has 0 spiro atoms. The predicted octanol–water partition coefficient (Wildman–Crippen LogP) is 9.71. The molecule has 0 saturated heterocycles. The van der Waals surface area contributed by atoms with Crippen LogP contribution in [0.15, 0.2) is 158 Å². The Morgan fingerprint density at radius 2 is 1.16 bits per heavy atom. The zero-order chi connectivity index (χ0) is 28.3. The fourth-order valence-electron chi connectivity index (χ4n) is 6.57. The fraction of sp³-hybridized carbons (Fsp3) is 0. The number of hydrogen-bond donors (Lipinski definition) is 0. The van der Waals surface area contributed by atoms with E-state index in [-0.39, 0.29) is 0 Å². The molecular weight excluding hydrogens is 524 g/mol. The molecule has 0 aliphatic rings. The molecule has 4 heterocycles. The minimum atomic E-state index is 0.877. The van der Waals surface area contributed by atoms with Gasteiger partial charge in [0.2, 0.25) is 5.95 Å². The molecule has 4 heteroatoms. The van der Waals surface area contributed by atoms with Crippen LogP contribution in [0.4, 0.5) is 0 Å². The first-order valence-electron chi connectivity index (χ1n) is 14.6. The van der Waals surface area contributed by atoms with Gasteiger partial charge in [0.25, 0.3) is 0 Å². The lowest BCUT2D eigenvalue weighted by Gasteiger charge is -2.09. The van der Waals surface area contributed by atoms with Crippen molar-refractivity contribution in [1.82, 2.24) is 18.5 Å². The molecule has 0 fully saturated rings. The molecule has 0 amide bonds. The van der Waals surface area contributed by atoms with Crippen molar-refractivity contribution < 1.29 is 0 Å². The number of aromatic nitrogens is 4. The summed E-state index contributed by atoms with van der Waals surface area (Å²) in [5.41, 5.74) is 10.1. The second-order valence-corrected chi connectivity index (χ2v) is 10.9. The van der Waals surface area contributed by atoms with E-state index < -0.39 is 0 Å². The Bertz CT molecular complexity index is 2440. The van der Waals surface area contributed by atoms with Crippen LogP contribution in [-0.4, -0.2) is 18.5 Å². The van der Waals surface area contributed by atoms with Crippen molar-refractivity contribution in [3.8, 4) is 34.0 Å². The molecule has 4 nitrogen and oxygen atoms in total. The third-order valence-electron chi connectivity index (χ3n) is 8.51. The van der Waals surface area contributed by atoms with Gasteiger partial charge in [-0.3, -0.25) is 8.97 Å². The van der Waals surface area contributed by atoms with Crippen LogP contribution in [0.3, 0.4) is 0 Å². The monoisotopic (exact) mass is 550 g/mol. The van der Waals surface area contributed by atoms with E-state index in [9.17, 15) is 0 Å². The van der Waals surface area contributed by atoms with E-state index in [0.29, 0.717) is 0 Å². The number of rotatable bonds is 4. The number of benzene rings is 5. The average molecular weight is 551 g/mol. The molecule has 0 unspecified atom stereocenters. The van der Waals surface area contributed by atoms with E-state index in [1.807, 2.05) is 0 Å². The van der Waals surface area contributed by atoms with E-state index >= 15 is 0 Å². The van der Waals surface area contributed by atoms with Gasteiger partial charge in [-0.2, -0.15) is 0 Å². The smallest absolute Gasteiger partial charge is 0.220 e. The van der Waals surface area contributed by atoms with Crippen LogP contribution in [0.25, 0.3) is 72.2 Å². The normalized spacial score (nSPS) is 11.7. The number of nitrogens with zero attached hydrogens (tertiary/aromatic N) is 4. The van der Waals surface area contributed by atoms with Gasteiger partial charge in [-0.25, -0.2) is 4.98 Å². The van der Waals surface area contributed by atoms with E-state index in [4.69, 9.17) is 4.98 Å². The highest BCUT2D eigenvalue weighted by molar-refractivity contribution is 6.18. The summed E-state index contributed by atoms with van der Waals surface area (Å²) >= 11 is 0. The third-order valence-corrected chi connectivity index (χ3v) is 8.51. The second kappa shape index (κ2) is 9.33. The summed E-state index contributed by atoms with van der Waals surface area (Å²) in [6.07, 6.45) is 4.30. The van der Waals surface area contributed by atoms with Gasteiger partial charge in [0, 0.05) is 39.8 Å². The first-order valence-corrected chi connectivity index (χ1v) is 14.6. The zero-order valence-electron chi connectivity index (χ0n) is 23.3. The standard InChI is InChI=1S/C39H26N4/c1-3-12-27(13-4-1)28-14-11-15-29(26-28)37-36-20-9-10-24-42(36)39(40-37)43-35-19-8-7-18-31(35)32-21-22-34-33(38(32)43)23-25-41(34)30-16-5-2-6-17-30/h1-26H. The summed E-state index contributed by atoms with van der Waals surface area (Å²) in [6.45, 7) is 0. The average Bonchev–Trinajstić information content (AvgIpc) is 3.78. The van der Waals surface area contributed by atoms with E-state index in [1.165, 1.54) is 32.8 Å². The Kier molecular flexibility index (Phi) is 5.16. The van der Waals surface area contributed by atoms with E-state index in [0.717, 1.165) is 39.4 Å². The lowest BCUT2D eigenvalue weighted by Crippen LogP contribution is -2.01. The van der Waals surface area contributed by atoms with Crippen molar-refractivity contribution in [2.24, 2.45) is 0 Å². The molecule has 0 N–H and O–H groups in total. The quantitative estimate of drug-likeness (QED) is 0.214. The Hall–Kier alpha value is -5.87. The Balaban J connectivity index is 1.34. The van der Waals surface area contributed by atoms with Crippen molar-refractivity contribution in [1.29, 1.82) is 0 Å². The van der Waals surface area contributed by atoms with Gasteiger partial charge in [0.15, 0.2) is 0 Å². The molecule has 43 heavy (non-hydrogen) atoms. The molecular formula is C39H26N4. The topological polar surface area (TPSA) is 27.2 Å². The highest BCUT2D eigenvalue weighted by Crippen LogP contribution is 2.39. The molecule has 0 aliphatic carbocycles. The zero-order valence-corrected chi connectivity index (χ0v) is 23.3.